The number of carbonyl (C=O) groups excluding carboxylic acids is 2. The van der Waals surface area contributed by atoms with E-state index >= 15 is 0 Å². The zero-order valence-electron chi connectivity index (χ0n) is 27.8. The third-order valence-corrected chi connectivity index (χ3v) is 8.61. The van der Waals surface area contributed by atoms with Gasteiger partial charge < -0.3 is 9.94 Å². The van der Waals surface area contributed by atoms with Crippen LogP contribution in [0, 0.1) is 23.5 Å². The Morgan fingerprint density at radius 2 is 1.67 bits per heavy atom. The van der Waals surface area contributed by atoms with Crippen LogP contribution in [-0.2, 0) is 35.4 Å². The third kappa shape index (κ3) is 9.23. The van der Waals surface area contributed by atoms with Crippen molar-refractivity contribution in [1.29, 1.82) is 0 Å². The van der Waals surface area contributed by atoms with Gasteiger partial charge in [-0.3, -0.25) is 14.4 Å². The molecule has 1 aromatic heterocycles. The molecule has 0 saturated heterocycles. The van der Waals surface area contributed by atoms with E-state index in [4.69, 9.17) is 9.57 Å². The minimum atomic E-state index is -4.73. The maximum absolute atomic E-state index is 13.6. The maximum atomic E-state index is 13.6. The van der Waals surface area contributed by atoms with Crippen molar-refractivity contribution in [3.63, 3.8) is 0 Å². The van der Waals surface area contributed by atoms with Gasteiger partial charge in [-0.25, -0.2) is 17.8 Å². The molecule has 262 valence electrons. The predicted octanol–water partition coefficient (Wildman–Crippen LogP) is 5.76. The summed E-state index contributed by atoms with van der Waals surface area (Å²) in [6.45, 7) is 11.4. The molecule has 1 amide bonds. The molecule has 0 aliphatic carbocycles. The van der Waals surface area contributed by atoms with Gasteiger partial charge in [0.25, 0.3) is 22.2 Å². The first-order valence-corrected chi connectivity index (χ1v) is 16.3. The molecule has 0 spiro atoms. The number of amides is 1. The van der Waals surface area contributed by atoms with E-state index in [0.29, 0.717) is 12.0 Å². The molecule has 0 saturated carbocycles. The Hall–Kier alpha value is -4.67. The molecule has 3 rings (SSSR count). The van der Waals surface area contributed by atoms with Crippen LogP contribution in [0.5, 0.6) is 0 Å². The molecule has 0 aliphatic rings. The summed E-state index contributed by atoms with van der Waals surface area (Å²) >= 11 is 0. The lowest BCUT2D eigenvalue weighted by Gasteiger charge is -2.27. The fourth-order valence-corrected chi connectivity index (χ4v) is 5.30. The fraction of sp³-hybridized carbons (Fsp3) is 0.452. The fourth-order valence-electron chi connectivity index (χ4n) is 4.30. The second-order valence-corrected chi connectivity index (χ2v) is 13.9. The van der Waals surface area contributed by atoms with Crippen LogP contribution in [0.2, 0.25) is 0 Å². The number of alkyl halides is 3. The monoisotopic (exact) mass is 696 g/mol. The highest BCUT2D eigenvalue weighted by Gasteiger charge is 2.37. The van der Waals surface area contributed by atoms with Gasteiger partial charge in [-0.2, -0.15) is 18.3 Å². The van der Waals surface area contributed by atoms with Crippen LogP contribution >= 0.6 is 0 Å². The van der Waals surface area contributed by atoms with Crippen LogP contribution in [0.1, 0.15) is 59.2 Å². The van der Waals surface area contributed by atoms with Gasteiger partial charge in [-0.05, 0) is 63.9 Å². The van der Waals surface area contributed by atoms with Crippen molar-refractivity contribution < 1.29 is 45.7 Å². The van der Waals surface area contributed by atoms with E-state index in [1.165, 1.54) is 26.1 Å². The van der Waals surface area contributed by atoms with Crippen molar-refractivity contribution in [1.82, 2.24) is 19.5 Å². The first-order valence-electron chi connectivity index (χ1n) is 14.8. The minimum absolute atomic E-state index is 0.0653. The Morgan fingerprint density at radius 3 is 2.19 bits per heavy atom. The number of esters is 1. The first-order chi connectivity index (χ1) is 22.1. The van der Waals surface area contributed by atoms with Crippen molar-refractivity contribution >= 4 is 21.9 Å². The molecule has 1 unspecified atom stereocenters. The van der Waals surface area contributed by atoms with Crippen molar-refractivity contribution in [3.05, 3.63) is 71.1 Å². The van der Waals surface area contributed by atoms with Crippen molar-refractivity contribution in [3.8, 4) is 16.9 Å². The van der Waals surface area contributed by atoms with Gasteiger partial charge in [0.15, 0.2) is 11.7 Å². The molecule has 13 nitrogen and oxygen atoms in total. The van der Waals surface area contributed by atoms with Gasteiger partial charge in [0.2, 0.25) is 5.28 Å². The van der Waals surface area contributed by atoms with Crippen LogP contribution in [0.15, 0.2) is 64.8 Å². The molecule has 3 aromatic rings. The van der Waals surface area contributed by atoms with Gasteiger partial charge in [0.05, 0.1) is 33.7 Å². The van der Waals surface area contributed by atoms with E-state index in [-0.39, 0.29) is 21.2 Å². The quantitative estimate of drug-likeness (QED) is 0.0817. The first kappa shape index (κ1) is 37.8. The normalized spacial score (nSPS) is 14.5. The Kier molecular flexibility index (Phi) is 11.5. The van der Waals surface area contributed by atoms with Crippen molar-refractivity contribution in [2.24, 2.45) is 16.6 Å². The molecule has 0 fully saturated rings. The average Bonchev–Trinajstić information content (AvgIpc) is 3.46. The number of benzene rings is 2. The number of aryl methyl sites for hydroxylation is 1. The van der Waals surface area contributed by atoms with E-state index in [9.17, 15) is 36.4 Å². The minimum Gasteiger partial charge on any atom is -0.569 e. The summed E-state index contributed by atoms with van der Waals surface area (Å²) in [6.07, 6.45) is -5.61. The number of ether oxygens (including phenoxy) is 1. The van der Waals surface area contributed by atoms with E-state index < -0.39 is 57.4 Å². The Labute approximate surface area is 276 Å². The van der Waals surface area contributed by atoms with Gasteiger partial charge >= 0.3 is 12.1 Å². The van der Waals surface area contributed by atoms with Gasteiger partial charge in [-0.1, -0.05) is 50.1 Å². The Bertz CT molecular complexity index is 1740. The van der Waals surface area contributed by atoms with Gasteiger partial charge in [0.1, 0.15) is 0 Å². The summed E-state index contributed by atoms with van der Waals surface area (Å²) in [6, 6.07) is 11.1. The molecule has 0 bridgehead atoms. The summed E-state index contributed by atoms with van der Waals surface area (Å²) in [5, 5.41) is 20.6. The summed E-state index contributed by atoms with van der Waals surface area (Å²) in [5.74, 6) is -2.21. The molecule has 1 heterocycles. The van der Waals surface area contributed by atoms with Crippen LogP contribution in [0.3, 0.4) is 0 Å². The zero-order chi connectivity index (χ0) is 36.2. The third-order valence-electron chi connectivity index (χ3n) is 7.25. The summed E-state index contributed by atoms with van der Waals surface area (Å²) in [5.41, 5.74) is -0.348. The summed E-state index contributed by atoms with van der Waals surface area (Å²) in [4.78, 5) is 29.9. The number of nitrogens with one attached hydrogen (secondary N) is 1. The number of carbonyl (C=O) groups is 2. The molecule has 0 radical (unpaired) electrons. The van der Waals surface area contributed by atoms with Gasteiger partial charge in [-0.15, -0.1) is 5.01 Å². The largest absolute Gasteiger partial charge is 0.569 e. The van der Waals surface area contributed by atoms with Crippen molar-refractivity contribution in [2.75, 3.05) is 7.05 Å². The number of hydrogen-bond donors (Lipinski definition) is 1. The summed E-state index contributed by atoms with van der Waals surface area (Å²) < 4.78 is 75.3. The topological polar surface area (TPSA) is 158 Å². The molecule has 1 N–H and O–H groups in total. The lowest BCUT2D eigenvalue weighted by Crippen LogP contribution is -2.52. The second kappa shape index (κ2) is 14.6. The molecule has 3 atom stereocenters. The SMILES string of the molecule is CC[C@@H](C)[C@@H](C(=O)NS(=O)(=O)c1ccc(-n2nc(C(F)(F)F)cc2-c2ccc(C)cc2)cc1)N(C)/[N+]([O-])=N/OC(C)OC(=O)C(C)(C)C. The van der Waals surface area contributed by atoms with E-state index in [1.807, 2.05) is 11.6 Å². The molecular weight excluding hydrogens is 657 g/mol. The average molecular weight is 697 g/mol. The van der Waals surface area contributed by atoms with Gasteiger partial charge in [0, 0.05) is 12.5 Å². The second-order valence-electron chi connectivity index (χ2n) is 12.2. The number of aromatic nitrogens is 2. The number of likely N-dealkylation sites (N-methyl/N-ethyl adjacent to an activating group) is 1. The molecule has 0 aliphatic heterocycles. The zero-order valence-corrected chi connectivity index (χ0v) is 28.6. The van der Waals surface area contributed by atoms with Crippen LogP contribution in [0.25, 0.3) is 16.9 Å². The van der Waals surface area contributed by atoms with E-state index in [2.05, 4.69) is 10.4 Å². The summed E-state index contributed by atoms with van der Waals surface area (Å²) in [7, 11) is -3.32. The Balaban J connectivity index is 1.84. The maximum Gasteiger partial charge on any atom is 0.435 e. The highest BCUT2D eigenvalue weighted by atomic mass is 32.2. The standard InChI is InChI=1S/C31H39F3N6O7S/c1-9-20(3)27(38(8)40(43)37-47-21(4)46-29(42)30(5,6)7)28(41)36-48(44,45)24-16-14-23(15-17-24)39-25(18-26(35-39)31(32,33)34)22-12-10-19(2)11-13-22/h10-18,20-21,27H,9H2,1-8H3,(H,36,41)/b40-37-/t20-,21?,27+/m1/s1. The predicted molar refractivity (Wildman–Crippen MR) is 167 cm³/mol. The van der Waals surface area contributed by atoms with E-state index in [0.717, 1.165) is 33.5 Å². The molecular formula is C31H39F3N6O7S. The lowest BCUT2D eigenvalue weighted by molar-refractivity contribution is -0.713. The molecule has 17 heteroatoms. The number of hydrogen-bond acceptors (Lipinski definition) is 9. The van der Waals surface area contributed by atoms with E-state index in [1.54, 1.807) is 58.9 Å². The molecule has 48 heavy (non-hydrogen) atoms. The Morgan fingerprint density at radius 1 is 1.08 bits per heavy atom. The number of rotatable bonds is 12. The van der Waals surface area contributed by atoms with Crippen LogP contribution < -0.4 is 4.72 Å². The number of halogens is 3. The van der Waals surface area contributed by atoms with Crippen molar-refractivity contribution in [2.45, 2.75) is 78.3 Å². The number of sulfonamides is 1. The highest BCUT2D eigenvalue weighted by Crippen LogP contribution is 2.33. The number of hydrazine groups is 1. The highest BCUT2D eigenvalue weighted by molar-refractivity contribution is 7.90. The smallest absolute Gasteiger partial charge is 0.435 e. The van der Waals surface area contributed by atoms with Crippen LogP contribution in [0.4, 0.5) is 13.2 Å². The van der Waals surface area contributed by atoms with Crippen LogP contribution in [-0.4, -0.2) is 59.4 Å². The molecule has 2 aromatic carbocycles. The number of nitrogens with zero attached hydrogens (tertiary/aromatic N) is 5. The lowest BCUT2D eigenvalue weighted by atomic mass is 9.97.